The van der Waals surface area contributed by atoms with Crippen LogP contribution in [0.15, 0.2) is 12.1 Å². The van der Waals surface area contributed by atoms with Gasteiger partial charge >= 0.3 is 6.18 Å². The van der Waals surface area contributed by atoms with Crippen molar-refractivity contribution in [1.29, 1.82) is 5.26 Å². The van der Waals surface area contributed by atoms with Gasteiger partial charge in [0.25, 0.3) is 0 Å². The second-order valence-electron chi connectivity index (χ2n) is 3.05. The maximum absolute atomic E-state index is 12.8. The molecule has 0 atom stereocenters. The van der Waals surface area contributed by atoms with Gasteiger partial charge in [0.1, 0.15) is 0 Å². The second-order valence-corrected chi connectivity index (χ2v) is 4.77. The zero-order valence-corrected chi connectivity index (χ0v) is 11.9. The van der Waals surface area contributed by atoms with Gasteiger partial charge in [0.2, 0.25) is 0 Å². The largest absolute Gasteiger partial charge is 0.418 e. The van der Waals surface area contributed by atoms with E-state index in [4.69, 9.17) is 5.26 Å². The van der Waals surface area contributed by atoms with E-state index in [9.17, 15) is 18.0 Å². The van der Waals surface area contributed by atoms with Crippen LogP contribution in [0.5, 0.6) is 0 Å². The molecule has 17 heavy (non-hydrogen) atoms. The molecule has 0 aliphatic rings. The summed E-state index contributed by atoms with van der Waals surface area (Å²) in [4.78, 5) is 11.4. The maximum Gasteiger partial charge on any atom is 0.418 e. The maximum atomic E-state index is 12.8. The molecule has 0 radical (unpaired) electrons. The van der Waals surface area contributed by atoms with E-state index in [1.165, 1.54) is 22.6 Å². The van der Waals surface area contributed by atoms with Crippen molar-refractivity contribution in [3.63, 3.8) is 0 Å². The number of ketones is 1. The van der Waals surface area contributed by atoms with Crippen molar-refractivity contribution in [2.24, 2.45) is 0 Å². The third-order valence-electron chi connectivity index (χ3n) is 1.92. The highest BCUT2D eigenvalue weighted by molar-refractivity contribution is 14.1. The van der Waals surface area contributed by atoms with Crippen LogP contribution in [0.25, 0.3) is 0 Å². The molecule has 0 aliphatic heterocycles. The summed E-state index contributed by atoms with van der Waals surface area (Å²) in [5.74, 6) is -0.702. The van der Waals surface area contributed by atoms with Gasteiger partial charge in [-0.15, -0.1) is 0 Å². The summed E-state index contributed by atoms with van der Waals surface area (Å²) < 4.78 is 38.2. The zero-order chi connectivity index (χ0) is 13.2. The average molecular weight is 418 g/mol. The molecule has 0 heterocycles. The van der Waals surface area contributed by atoms with Gasteiger partial charge in [0, 0.05) is 9.13 Å². The van der Waals surface area contributed by atoms with Crippen molar-refractivity contribution < 1.29 is 18.0 Å². The first kappa shape index (κ1) is 14.4. The Kier molecular flexibility index (Phi) is 4.55. The first-order chi connectivity index (χ1) is 7.81. The molecule has 1 rings (SSSR count). The molecule has 0 saturated heterocycles. The highest BCUT2D eigenvalue weighted by Crippen LogP contribution is 2.36. The Labute approximate surface area is 117 Å². The number of hydrogen-bond acceptors (Lipinski definition) is 2. The lowest BCUT2D eigenvalue weighted by molar-refractivity contribution is -0.138. The van der Waals surface area contributed by atoms with Gasteiger partial charge in [-0.1, -0.05) is 15.9 Å². The molecule has 1 aromatic carbocycles. The number of halogens is 5. The second kappa shape index (κ2) is 5.35. The fourth-order valence-electron chi connectivity index (χ4n) is 1.25. The van der Waals surface area contributed by atoms with Crippen LogP contribution < -0.4 is 0 Å². The SMILES string of the molecule is N#Cc1cc(I)c(C(F)(F)F)c(C(=O)CBr)c1. The monoisotopic (exact) mass is 417 g/mol. The molecule has 0 N–H and O–H groups in total. The highest BCUT2D eigenvalue weighted by Gasteiger charge is 2.37. The molecule has 0 bridgehead atoms. The first-order valence-electron chi connectivity index (χ1n) is 4.21. The van der Waals surface area contributed by atoms with Crippen LogP contribution in [-0.4, -0.2) is 11.1 Å². The molecule has 0 aromatic heterocycles. The van der Waals surface area contributed by atoms with Crippen molar-refractivity contribution in [2.45, 2.75) is 6.18 Å². The number of alkyl halides is 4. The molecule has 0 saturated carbocycles. The van der Waals surface area contributed by atoms with Crippen LogP contribution in [0.4, 0.5) is 13.2 Å². The fourth-order valence-corrected chi connectivity index (χ4v) is 2.49. The van der Waals surface area contributed by atoms with E-state index >= 15 is 0 Å². The number of carbonyl (C=O) groups is 1. The lowest BCUT2D eigenvalue weighted by Crippen LogP contribution is -2.16. The van der Waals surface area contributed by atoms with E-state index in [1.54, 1.807) is 6.07 Å². The molecule has 7 heteroatoms. The minimum Gasteiger partial charge on any atom is -0.293 e. The third-order valence-corrected chi connectivity index (χ3v) is 3.28. The van der Waals surface area contributed by atoms with Crippen molar-refractivity contribution in [1.82, 2.24) is 0 Å². The quantitative estimate of drug-likeness (QED) is 0.417. The Bertz CT molecular complexity index is 507. The third kappa shape index (κ3) is 3.19. The van der Waals surface area contributed by atoms with Gasteiger partial charge in [0.05, 0.1) is 22.5 Å². The number of nitriles is 1. The van der Waals surface area contributed by atoms with Crippen LogP contribution in [0.1, 0.15) is 21.5 Å². The predicted molar refractivity (Wildman–Crippen MR) is 67.0 cm³/mol. The number of benzene rings is 1. The Balaban J connectivity index is 3.58. The molecular weight excluding hydrogens is 414 g/mol. The molecular formula is C10H4BrF3INO. The number of carbonyl (C=O) groups excluding carboxylic acids is 1. The lowest BCUT2D eigenvalue weighted by atomic mass is 10.0. The van der Waals surface area contributed by atoms with E-state index in [0.29, 0.717) is 0 Å². The smallest absolute Gasteiger partial charge is 0.293 e. The summed E-state index contributed by atoms with van der Waals surface area (Å²) in [6.07, 6.45) is -4.61. The zero-order valence-electron chi connectivity index (χ0n) is 8.11. The van der Waals surface area contributed by atoms with Crippen molar-refractivity contribution in [2.75, 3.05) is 5.33 Å². The van der Waals surface area contributed by atoms with Gasteiger partial charge in [-0.05, 0) is 34.7 Å². The molecule has 0 spiro atoms. The molecule has 0 unspecified atom stereocenters. The molecule has 0 aliphatic carbocycles. The van der Waals surface area contributed by atoms with Crippen molar-refractivity contribution in [3.05, 3.63) is 32.4 Å². The molecule has 90 valence electrons. The fraction of sp³-hybridized carbons (Fsp3) is 0.200. The number of nitrogens with zero attached hydrogens (tertiary/aromatic N) is 1. The molecule has 0 amide bonds. The summed E-state index contributed by atoms with van der Waals surface area (Å²) in [5.41, 5.74) is -1.42. The Morgan fingerprint density at radius 3 is 2.47 bits per heavy atom. The normalized spacial score (nSPS) is 11.1. The molecule has 1 aromatic rings. The van der Waals surface area contributed by atoms with Crippen LogP contribution in [0, 0.1) is 14.9 Å². The Morgan fingerprint density at radius 1 is 1.47 bits per heavy atom. The van der Waals surface area contributed by atoms with E-state index < -0.39 is 23.1 Å². The van der Waals surface area contributed by atoms with E-state index in [-0.39, 0.29) is 14.5 Å². The Morgan fingerprint density at radius 2 is 2.06 bits per heavy atom. The number of rotatable bonds is 2. The topological polar surface area (TPSA) is 40.9 Å². The summed E-state index contributed by atoms with van der Waals surface area (Å²) in [7, 11) is 0. The van der Waals surface area contributed by atoms with Crippen molar-refractivity contribution in [3.8, 4) is 6.07 Å². The first-order valence-corrected chi connectivity index (χ1v) is 6.41. The van der Waals surface area contributed by atoms with Crippen molar-refractivity contribution >= 4 is 44.3 Å². The van der Waals surface area contributed by atoms with Crippen LogP contribution in [-0.2, 0) is 6.18 Å². The minimum atomic E-state index is -4.61. The van der Waals surface area contributed by atoms with Gasteiger partial charge < -0.3 is 0 Å². The average Bonchev–Trinajstić information content (AvgIpc) is 2.24. The lowest BCUT2D eigenvalue weighted by Gasteiger charge is -2.13. The van der Waals surface area contributed by atoms with Gasteiger partial charge in [-0.3, -0.25) is 4.79 Å². The van der Waals surface area contributed by atoms with Gasteiger partial charge in [-0.2, -0.15) is 18.4 Å². The van der Waals surface area contributed by atoms with E-state index in [1.807, 2.05) is 0 Å². The van der Waals surface area contributed by atoms with Gasteiger partial charge in [-0.25, -0.2) is 0 Å². The molecule has 2 nitrogen and oxygen atoms in total. The summed E-state index contributed by atoms with van der Waals surface area (Å²) in [6.45, 7) is 0. The van der Waals surface area contributed by atoms with Crippen LogP contribution in [0.2, 0.25) is 0 Å². The summed E-state index contributed by atoms with van der Waals surface area (Å²) in [5, 5.41) is 8.46. The minimum absolute atomic E-state index is 0.0340. The highest BCUT2D eigenvalue weighted by atomic mass is 127. The molecule has 0 fully saturated rings. The standard InChI is InChI=1S/C10H4BrF3INO/c11-3-8(17)6-1-5(4-16)2-7(15)9(6)10(12,13)14/h1-2H,3H2. The summed E-state index contributed by atoms with van der Waals surface area (Å²) >= 11 is 4.29. The number of Topliss-reactive ketones (excluding diaryl/α,β-unsaturated/α-hetero) is 1. The van der Waals surface area contributed by atoms with Crippen LogP contribution in [0.3, 0.4) is 0 Å². The van der Waals surface area contributed by atoms with Gasteiger partial charge in [0.15, 0.2) is 5.78 Å². The van der Waals surface area contributed by atoms with E-state index in [0.717, 1.165) is 12.1 Å². The van der Waals surface area contributed by atoms with E-state index in [2.05, 4.69) is 15.9 Å². The summed E-state index contributed by atoms with van der Waals surface area (Å²) in [6, 6.07) is 3.80. The Hall–Kier alpha value is -0.620. The predicted octanol–water partition coefficient (Wildman–Crippen LogP) is 3.76. The van der Waals surface area contributed by atoms with Crippen LogP contribution >= 0.6 is 38.5 Å². The number of hydrogen-bond donors (Lipinski definition) is 0.